The molecule has 3 aromatic carbocycles. The summed E-state index contributed by atoms with van der Waals surface area (Å²) in [6.07, 6.45) is 2.16. The van der Waals surface area contributed by atoms with Crippen LogP contribution in [0, 0.1) is 5.82 Å². The monoisotopic (exact) mass is 443 g/mol. The zero-order valence-electron chi connectivity index (χ0n) is 17.7. The van der Waals surface area contributed by atoms with E-state index >= 15 is 0 Å². The maximum Gasteiger partial charge on any atom is 0.258 e. The summed E-state index contributed by atoms with van der Waals surface area (Å²) in [5.41, 5.74) is 13.6. The highest BCUT2D eigenvalue weighted by molar-refractivity contribution is 6.05. The molecular formula is C25H22FN5O2. The van der Waals surface area contributed by atoms with Gasteiger partial charge in [0.15, 0.2) is 11.6 Å². The number of carbonyl (C=O) groups is 1. The molecule has 0 saturated carbocycles. The molecule has 0 aliphatic rings. The van der Waals surface area contributed by atoms with Crippen molar-refractivity contribution in [3.05, 3.63) is 95.9 Å². The quantitative estimate of drug-likeness (QED) is 0.392. The van der Waals surface area contributed by atoms with Gasteiger partial charge in [0.05, 0.1) is 24.1 Å². The topological polar surface area (TPSA) is 116 Å². The number of carbonyl (C=O) groups excluding carboxylic acids is 1. The van der Waals surface area contributed by atoms with Gasteiger partial charge in [0.2, 0.25) is 0 Å². The number of nitrogen functional groups attached to an aromatic ring is 2. The van der Waals surface area contributed by atoms with Crippen molar-refractivity contribution >= 4 is 23.1 Å². The van der Waals surface area contributed by atoms with Gasteiger partial charge < -0.3 is 21.5 Å². The van der Waals surface area contributed by atoms with E-state index in [0.717, 1.165) is 6.42 Å². The van der Waals surface area contributed by atoms with Crippen molar-refractivity contribution in [3.63, 3.8) is 0 Å². The van der Waals surface area contributed by atoms with Crippen molar-refractivity contribution < 1.29 is 13.9 Å². The number of benzene rings is 3. The van der Waals surface area contributed by atoms with Crippen molar-refractivity contribution in [3.8, 4) is 17.1 Å². The molecule has 1 heterocycles. The zero-order chi connectivity index (χ0) is 23.2. The molecule has 0 spiro atoms. The maximum atomic E-state index is 14.4. The Morgan fingerprint density at radius 2 is 1.76 bits per heavy atom. The molecule has 166 valence electrons. The van der Waals surface area contributed by atoms with E-state index in [4.69, 9.17) is 16.2 Å². The third-order valence-electron chi connectivity index (χ3n) is 4.93. The SMILES string of the molecule is Nc1cnc(-c2ccc(F)c(C(=O)Nc3ccc(OCCc4ccccc4)cc3)c2)nc1N. The number of nitrogens with one attached hydrogen (secondary N) is 1. The first kappa shape index (κ1) is 21.8. The van der Waals surface area contributed by atoms with Gasteiger partial charge in [-0.1, -0.05) is 30.3 Å². The second-order valence-electron chi connectivity index (χ2n) is 7.29. The standard InChI is InChI=1S/C25H22FN5O2/c26-21-11-6-17(24-29-15-22(27)23(28)31-24)14-20(21)25(32)30-18-7-9-19(10-8-18)33-13-12-16-4-2-1-3-5-16/h1-11,14-15H,12-13,27H2,(H,30,32)(H2,28,29,31). The highest BCUT2D eigenvalue weighted by Crippen LogP contribution is 2.23. The van der Waals surface area contributed by atoms with Gasteiger partial charge in [0, 0.05) is 17.7 Å². The van der Waals surface area contributed by atoms with Crippen molar-refractivity contribution in [2.45, 2.75) is 6.42 Å². The number of anilines is 3. The lowest BCUT2D eigenvalue weighted by Gasteiger charge is -2.10. The summed E-state index contributed by atoms with van der Waals surface area (Å²) in [5.74, 6) is -0.236. The number of nitrogens with two attached hydrogens (primary N) is 2. The number of nitrogens with zero attached hydrogens (tertiary/aromatic N) is 2. The zero-order valence-corrected chi connectivity index (χ0v) is 17.7. The van der Waals surface area contributed by atoms with Gasteiger partial charge in [-0.05, 0) is 48.0 Å². The average Bonchev–Trinajstić information content (AvgIpc) is 2.83. The Morgan fingerprint density at radius 3 is 2.48 bits per heavy atom. The molecule has 4 rings (SSSR count). The van der Waals surface area contributed by atoms with Crippen LogP contribution in [0.4, 0.5) is 21.6 Å². The summed E-state index contributed by atoms with van der Waals surface area (Å²) in [6.45, 7) is 0.533. The number of hydrogen-bond donors (Lipinski definition) is 3. The fraction of sp³-hybridized carbons (Fsp3) is 0.0800. The molecule has 1 amide bonds. The molecule has 5 N–H and O–H groups in total. The number of hydrogen-bond acceptors (Lipinski definition) is 6. The van der Waals surface area contributed by atoms with Crippen molar-refractivity contribution in [1.82, 2.24) is 9.97 Å². The molecule has 0 bridgehead atoms. The molecule has 4 aromatic rings. The Hall–Kier alpha value is -4.46. The minimum Gasteiger partial charge on any atom is -0.493 e. The molecular weight excluding hydrogens is 421 g/mol. The lowest BCUT2D eigenvalue weighted by atomic mass is 10.1. The summed E-state index contributed by atoms with van der Waals surface area (Å²) in [6, 6.07) is 21.0. The van der Waals surface area contributed by atoms with Gasteiger partial charge in [0.1, 0.15) is 11.6 Å². The van der Waals surface area contributed by atoms with Crippen LogP contribution in [0.25, 0.3) is 11.4 Å². The molecule has 1 aromatic heterocycles. The van der Waals surface area contributed by atoms with E-state index in [1.165, 1.54) is 30.0 Å². The normalized spacial score (nSPS) is 10.6. The molecule has 0 unspecified atom stereocenters. The van der Waals surface area contributed by atoms with Gasteiger partial charge in [-0.2, -0.15) is 0 Å². The summed E-state index contributed by atoms with van der Waals surface area (Å²) in [4.78, 5) is 20.9. The van der Waals surface area contributed by atoms with Crippen LogP contribution >= 0.6 is 0 Å². The molecule has 0 fully saturated rings. The van der Waals surface area contributed by atoms with E-state index in [9.17, 15) is 9.18 Å². The Bertz CT molecular complexity index is 1260. The van der Waals surface area contributed by atoms with Gasteiger partial charge in [-0.3, -0.25) is 4.79 Å². The molecule has 0 aliphatic carbocycles. The summed E-state index contributed by atoms with van der Waals surface area (Å²) < 4.78 is 20.1. The molecule has 0 saturated heterocycles. The molecule has 8 heteroatoms. The van der Waals surface area contributed by atoms with Gasteiger partial charge in [-0.15, -0.1) is 0 Å². The second-order valence-corrected chi connectivity index (χ2v) is 7.29. The third-order valence-corrected chi connectivity index (χ3v) is 4.93. The van der Waals surface area contributed by atoms with E-state index in [1.54, 1.807) is 24.3 Å². The highest BCUT2D eigenvalue weighted by Gasteiger charge is 2.15. The number of rotatable bonds is 7. The number of aromatic nitrogens is 2. The first-order valence-corrected chi connectivity index (χ1v) is 10.3. The minimum atomic E-state index is -0.666. The van der Waals surface area contributed by atoms with Gasteiger partial charge in [0.25, 0.3) is 5.91 Å². The molecule has 33 heavy (non-hydrogen) atoms. The molecule has 0 aliphatic heterocycles. The van der Waals surface area contributed by atoms with Gasteiger partial charge in [-0.25, -0.2) is 14.4 Å². The van der Waals surface area contributed by atoms with Crippen LogP contribution in [-0.2, 0) is 6.42 Å². The number of halogens is 1. The van der Waals surface area contributed by atoms with Gasteiger partial charge >= 0.3 is 0 Å². The molecule has 0 atom stereocenters. The van der Waals surface area contributed by atoms with Crippen molar-refractivity contribution in [1.29, 1.82) is 0 Å². The minimum absolute atomic E-state index is 0.112. The van der Waals surface area contributed by atoms with Crippen LogP contribution in [0.15, 0.2) is 79.0 Å². The first-order valence-electron chi connectivity index (χ1n) is 10.3. The average molecular weight is 443 g/mol. The lowest BCUT2D eigenvalue weighted by Crippen LogP contribution is -2.14. The van der Waals surface area contributed by atoms with Crippen LogP contribution in [0.3, 0.4) is 0 Å². The third kappa shape index (κ3) is 5.43. The van der Waals surface area contributed by atoms with Crippen LogP contribution in [0.2, 0.25) is 0 Å². The molecule has 0 radical (unpaired) electrons. The first-order chi connectivity index (χ1) is 16.0. The van der Waals surface area contributed by atoms with E-state index in [0.29, 0.717) is 23.6 Å². The predicted octanol–water partition coefficient (Wildman–Crippen LogP) is 4.32. The highest BCUT2D eigenvalue weighted by atomic mass is 19.1. The largest absolute Gasteiger partial charge is 0.493 e. The summed E-state index contributed by atoms with van der Waals surface area (Å²) in [5, 5.41) is 2.69. The van der Waals surface area contributed by atoms with Crippen molar-refractivity contribution in [2.75, 3.05) is 23.4 Å². The number of amides is 1. The Kier molecular flexibility index (Phi) is 6.45. The smallest absolute Gasteiger partial charge is 0.258 e. The van der Waals surface area contributed by atoms with E-state index in [2.05, 4.69) is 15.3 Å². The van der Waals surface area contributed by atoms with Crippen molar-refractivity contribution in [2.24, 2.45) is 0 Å². The Morgan fingerprint density at radius 1 is 1.00 bits per heavy atom. The summed E-state index contributed by atoms with van der Waals surface area (Å²) in [7, 11) is 0. The molecule has 7 nitrogen and oxygen atoms in total. The lowest BCUT2D eigenvalue weighted by molar-refractivity contribution is 0.102. The van der Waals surface area contributed by atoms with Crippen LogP contribution < -0.4 is 21.5 Å². The number of ether oxygens (including phenoxy) is 1. The van der Waals surface area contributed by atoms with Crippen LogP contribution in [0.1, 0.15) is 15.9 Å². The fourth-order valence-corrected chi connectivity index (χ4v) is 3.15. The summed E-state index contributed by atoms with van der Waals surface area (Å²) >= 11 is 0. The predicted molar refractivity (Wildman–Crippen MR) is 126 cm³/mol. The Labute approximate surface area is 190 Å². The van der Waals surface area contributed by atoms with E-state index < -0.39 is 11.7 Å². The van der Waals surface area contributed by atoms with Crippen LogP contribution in [0.5, 0.6) is 5.75 Å². The maximum absolute atomic E-state index is 14.4. The van der Waals surface area contributed by atoms with Crippen LogP contribution in [-0.4, -0.2) is 22.5 Å². The Balaban J connectivity index is 1.41. The van der Waals surface area contributed by atoms with E-state index in [-0.39, 0.29) is 22.9 Å². The fourth-order valence-electron chi connectivity index (χ4n) is 3.15. The van der Waals surface area contributed by atoms with E-state index in [1.807, 2.05) is 30.3 Å². The second kappa shape index (κ2) is 9.78.